The first-order valence-corrected chi connectivity index (χ1v) is 6.94. The van der Waals surface area contributed by atoms with Gasteiger partial charge in [0, 0.05) is 18.2 Å². The normalized spacial score (nSPS) is 11.2. The van der Waals surface area contributed by atoms with Crippen LogP contribution in [0, 0.1) is 13.8 Å². The highest BCUT2D eigenvalue weighted by molar-refractivity contribution is 5.66. The Hall–Kier alpha value is -2.13. The molecule has 102 valence electrons. The molecule has 0 aliphatic carbocycles. The standard InChI is InChI=1S/C17H19N3/c1-12-6-7-14(11-13(12)2)17-19-15(8-9-18)16-5-3-4-10-20(16)17/h3-7,10-11H,8-9,18H2,1-2H3. The average Bonchev–Trinajstić information content (AvgIpc) is 2.82. The summed E-state index contributed by atoms with van der Waals surface area (Å²) >= 11 is 0. The molecule has 0 amide bonds. The van der Waals surface area contributed by atoms with Crippen molar-refractivity contribution in [3.8, 4) is 11.4 Å². The van der Waals surface area contributed by atoms with Crippen molar-refractivity contribution >= 4 is 5.52 Å². The number of hydrogen-bond acceptors (Lipinski definition) is 2. The van der Waals surface area contributed by atoms with E-state index in [2.05, 4.69) is 48.7 Å². The molecule has 0 spiro atoms. The summed E-state index contributed by atoms with van der Waals surface area (Å²) in [7, 11) is 0. The van der Waals surface area contributed by atoms with Gasteiger partial charge in [-0.25, -0.2) is 4.98 Å². The zero-order valence-corrected chi connectivity index (χ0v) is 11.9. The van der Waals surface area contributed by atoms with Crippen molar-refractivity contribution < 1.29 is 0 Å². The lowest BCUT2D eigenvalue weighted by atomic mass is 10.1. The Morgan fingerprint density at radius 2 is 1.95 bits per heavy atom. The van der Waals surface area contributed by atoms with E-state index in [0.29, 0.717) is 6.54 Å². The summed E-state index contributed by atoms with van der Waals surface area (Å²) in [5.41, 5.74) is 11.7. The highest BCUT2D eigenvalue weighted by atomic mass is 15.0. The first-order valence-electron chi connectivity index (χ1n) is 6.94. The van der Waals surface area contributed by atoms with Crippen molar-refractivity contribution in [1.29, 1.82) is 0 Å². The van der Waals surface area contributed by atoms with Crippen molar-refractivity contribution in [2.24, 2.45) is 5.73 Å². The number of fused-ring (bicyclic) bond motifs is 1. The quantitative estimate of drug-likeness (QED) is 0.790. The molecule has 0 saturated carbocycles. The van der Waals surface area contributed by atoms with Gasteiger partial charge in [-0.15, -0.1) is 0 Å². The number of rotatable bonds is 3. The topological polar surface area (TPSA) is 43.3 Å². The second-order valence-corrected chi connectivity index (χ2v) is 5.18. The van der Waals surface area contributed by atoms with Crippen LogP contribution in [0.5, 0.6) is 0 Å². The molecule has 3 aromatic rings. The Morgan fingerprint density at radius 3 is 2.70 bits per heavy atom. The number of hydrogen-bond donors (Lipinski definition) is 1. The predicted molar refractivity (Wildman–Crippen MR) is 82.9 cm³/mol. The van der Waals surface area contributed by atoms with Gasteiger partial charge in [0.1, 0.15) is 5.82 Å². The van der Waals surface area contributed by atoms with E-state index >= 15 is 0 Å². The summed E-state index contributed by atoms with van der Waals surface area (Å²) in [5.74, 6) is 0.993. The highest BCUT2D eigenvalue weighted by Crippen LogP contribution is 2.24. The molecule has 0 bridgehead atoms. The maximum atomic E-state index is 5.69. The van der Waals surface area contributed by atoms with Crippen LogP contribution in [0.25, 0.3) is 16.9 Å². The molecule has 0 fully saturated rings. The third-order valence-electron chi connectivity index (χ3n) is 3.77. The van der Waals surface area contributed by atoms with Gasteiger partial charge >= 0.3 is 0 Å². The zero-order valence-electron chi connectivity index (χ0n) is 11.9. The summed E-state index contributed by atoms with van der Waals surface area (Å²) < 4.78 is 2.15. The summed E-state index contributed by atoms with van der Waals surface area (Å²) in [4.78, 5) is 4.80. The molecule has 2 N–H and O–H groups in total. The minimum atomic E-state index is 0.619. The SMILES string of the molecule is Cc1ccc(-c2nc(CCN)c3ccccn23)cc1C. The van der Waals surface area contributed by atoms with E-state index in [4.69, 9.17) is 10.7 Å². The van der Waals surface area contributed by atoms with Crippen LogP contribution in [-0.2, 0) is 6.42 Å². The minimum Gasteiger partial charge on any atom is -0.330 e. The maximum Gasteiger partial charge on any atom is 0.144 e. The van der Waals surface area contributed by atoms with E-state index < -0.39 is 0 Å². The highest BCUT2D eigenvalue weighted by Gasteiger charge is 2.12. The number of nitrogens with two attached hydrogens (primary N) is 1. The van der Waals surface area contributed by atoms with Gasteiger partial charge in [-0.3, -0.25) is 4.40 Å². The van der Waals surface area contributed by atoms with Gasteiger partial charge in [-0.1, -0.05) is 18.2 Å². The van der Waals surface area contributed by atoms with E-state index in [9.17, 15) is 0 Å². The van der Waals surface area contributed by atoms with Crippen LogP contribution in [-0.4, -0.2) is 15.9 Å². The zero-order chi connectivity index (χ0) is 14.1. The van der Waals surface area contributed by atoms with Gasteiger partial charge in [0.25, 0.3) is 0 Å². The molecular formula is C17H19N3. The fourth-order valence-corrected chi connectivity index (χ4v) is 2.51. The Morgan fingerprint density at radius 1 is 1.10 bits per heavy atom. The van der Waals surface area contributed by atoms with Gasteiger partial charge in [0.15, 0.2) is 0 Å². The molecule has 2 aromatic heterocycles. The lowest BCUT2D eigenvalue weighted by molar-refractivity contribution is 0.944. The Balaban J connectivity index is 2.22. The third-order valence-corrected chi connectivity index (χ3v) is 3.77. The summed E-state index contributed by atoms with van der Waals surface area (Å²) in [6.45, 7) is 4.88. The van der Waals surface area contributed by atoms with Gasteiger partial charge in [0.2, 0.25) is 0 Å². The van der Waals surface area contributed by atoms with E-state index in [0.717, 1.165) is 29.0 Å². The summed E-state index contributed by atoms with van der Waals surface area (Å²) in [5, 5.41) is 0. The largest absolute Gasteiger partial charge is 0.330 e. The van der Waals surface area contributed by atoms with Crippen molar-refractivity contribution in [2.45, 2.75) is 20.3 Å². The van der Waals surface area contributed by atoms with Crippen molar-refractivity contribution in [3.63, 3.8) is 0 Å². The monoisotopic (exact) mass is 265 g/mol. The first kappa shape index (κ1) is 12.9. The van der Waals surface area contributed by atoms with Gasteiger partial charge < -0.3 is 5.73 Å². The smallest absolute Gasteiger partial charge is 0.144 e. The predicted octanol–water partition coefficient (Wildman–Crippen LogP) is 3.12. The molecule has 20 heavy (non-hydrogen) atoms. The summed E-state index contributed by atoms with van der Waals surface area (Å²) in [6, 6.07) is 12.7. The number of aromatic nitrogens is 2. The third kappa shape index (κ3) is 2.10. The van der Waals surface area contributed by atoms with Crippen LogP contribution >= 0.6 is 0 Å². The Bertz CT molecular complexity index is 756. The fraction of sp³-hybridized carbons (Fsp3) is 0.235. The molecule has 3 nitrogen and oxygen atoms in total. The van der Waals surface area contributed by atoms with Gasteiger partial charge in [-0.2, -0.15) is 0 Å². The molecule has 0 unspecified atom stereocenters. The van der Waals surface area contributed by atoms with E-state index in [1.165, 1.54) is 11.1 Å². The van der Waals surface area contributed by atoms with E-state index in [1.54, 1.807) is 0 Å². The van der Waals surface area contributed by atoms with Gasteiger partial charge in [-0.05, 0) is 49.7 Å². The van der Waals surface area contributed by atoms with Crippen molar-refractivity contribution in [3.05, 3.63) is 59.4 Å². The van der Waals surface area contributed by atoms with Crippen LogP contribution in [0.1, 0.15) is 16.8 Å². The lowest BCUT2D eigenvalue weighted by Crippen LogP contribution is -2.03. The molecule has 3 rings (SSSR count). The molecule has 1 aromatic carbocycles. The molecule has 0 aliphatic heterocycles. The molecule has 0 aliphatic rings. The van der Waals surface area contributed by atoms with Crippen LogP contribution in [0.4, 0.5) is 0 Å². The van der Waals surface area contributed by atoms with Crippen molar-refractivity contribution in [2.75, 3.05) is 6.54 Å². The van der Waals surface area contributed by atoms with Crippen LogP contribution in [0.3, 0.4) is 0 Å². The second kappa shape index (κ2) is 5.10. The Labute approximate surface area is 119 Å². The van der Waals surface area contributed by atoms with Crippen LogP contribution < -0.4 is 5.73 Å². The second-order valence-electron chi connectivity index (χ2n) is 5.18. The number of imidazole rings is 1. The molecule has 0 radical (unpaired) electrons. The number of benzene rings is 1. The summed E-state index contributed by atoms with van der Waals surface area (Å²) in [6.07, 6.45) is 2.87. The minimum absolute atomic E-state index is 0.619. The molecule has 2 heterocycles. The Kier molecular flexibility index (Phi) is 3.28. The van der Waals surface area contributed by atoms with Crippen molar-refractivity contribution in [1.82, 2.24) is 9.38 Å². The van der Waals surface area contributed by atoms with Gasteiger partial charge in [0.05, 0.1) is 11.2 Å². The molecule has 3 heteroatoms. The van der Waals surface area contributed by atoms with Crippen LogP contribution in [0.2, 0.25) is 0 Å². The number of nitrogens with zero attached hydrogens (tertiary/aromatic N) is 2. The number of aryl methyl sites for hydroxylation is 2. The molecule has 0 atom stereocenters. The average molecular weight is 265 g/mol. The lowest BCUT2D eigenvalue weighted by Gasteiger charge is -2.04. The molecular weight excluding hydrogens is 246 g/mol. The first-order chi connectivity index (χ1) is 9.70. The number of pyridine rings is 1. The fourth-order valence-electron chi connectivity index (χ4n) is 2.51. The van der Waals surface area contributed by atoms with E-state index in [1.807, 2.05) is 12.1 Å². The maximum absolute atomic E-state index is 5.69. The van der Waals surface area contributed by atoms with E-state index in [-0.39, 0.29) is 0 Å². The van der Waals surface area contributed by atoms with Crippen LogP contribution in [0.15, 0.2) is 42.6 Å². The molecule has 0 saturated heterocycles.